The van der Waals surface area contributed by atoms with E-state index in [0.29, 0.717) is 37.6 Å². The van der Waals surface area contributed by atoms with Crippen molar-refractivity contribution < 1.29 is 14.3 Å². The summed E-state index contributed by atoms with van der Waals surface area (Å²) in [5, 5.41) is 0.833. The number of H-pyrrole nitrogens is 1. The number of amides is 1. The molecule has 3 N–H and O–H groups in total. The van der Waals surface area contributed by atoms with Crippen LogP contribution < -0.4 is 5.73 Å². The molecule has 0 aliphatic rings. The summed E-state index contributed by atoms with van der Waals surface area (Å²) in [7, 11) is 3.23. The van der Waals surface area contributed by atoms with Gasteiger partial charge in [-0.25, -0.2) is 0 Å². The van der Waals surface area contributed by atoms with Crippen LogP contribution in [0.1, 0.15) is 10.4 Å². The van der Waals surface area contributed by atoms with Crippen LogP contribution in [0.2, 0.25) is 0 Å². The number of benzene rings is 1. The highest BCUT2D eigenvalue weighted by atomic mass is 16.5. The summed E-state index contributed by atoms with van der Waals surface area (Å²) in [6.45, 7) is 2.02. The van der Waals surface area contributed by atoms with Crippen molar-refractivity contribution in [3.8, 4) is 0 Å². The number of nitrogens with zero attached hydrogens (tertiary/aromatic N) is 1. The van der Waals surface area contributed by atoms with Crippen LogP contribution >= 0.6 is 0 Å². The number of hydrogen-bond acceptors (Lipinski definition) is 4. The van der Waals surface area contributed by atoms with E-state index in [-0.39, 0.29) is 5.91 Å². The zero-order chi connectivity index (χ0) is 15.2. The molecule has 1 heterocycles. The van der Waals surface area contributed by atoms with Crippen molar-refractivity contribution in [2.75, 3.05) is 46.3 Å². The fourth-order valence-electron chi connectivity index (χ4n) is 2.20. The molecule has 0 bridgehead atoms. The van der Waals surface area contributed by atoms with Gasteiger partial charge in [-0.05, 0) is 18.2 Å². The van der Waals surface area contributed by atoms with Gasteiger partial charge in [0, 0.05) is 50.1 Å². The molecule has 21 heavy (non-hydrogen) atoms. The molecule has 2 rings (SSSR count). The van der Waals surface area contributed by atoms with Gasteiger partial charge >= 0.3 is 0 Å². The first-order chi connectivity index (χ1) is 10.2. The van der Waals surface area contributed by atoms with Gasteiger partial charge in [0.2, 0.25) is 0 Å². The lowest BCUT2D eigenvalue weighted by Crippen LogP contribution is -2.36. The van der Waals surface area contributed by atoms with Crippen molar-refractivity contribution in [1.29, 1.82) is 0 Å². The minimum atomic E-state index is -0.0547. The Kier molecular flexibility index (Phi) is 5.19. The van der Waals surface area contributed by atoms with Crippen molar-refractivity contribution >= 4 is 22.5 Å². The number of nitrogens with one attached hydrogen (secondary N) is 1. The number of carbonyl (C=O) groups is 1. The van der Waals surface area contributed by atoms with E-state index in [0.717, 1.165) is 10.9 Å². The molecule has 0 atom stereocenters. The number of nitrogens with two attached hydrogens (primary N) is 1. The lowest BCUT2D eigenvalue weighted by atomic mass is 10.1. The predicted molar refractivity (Wildman–Crippen MR) is 82.4 cm³/mol. The van der Waals surface area contributed by atoms with Crippen LogP contribution in [0.15, 0.2) is 24.4 Å². The van der Waals surface area contributed by atoms with Crippen molar-refractivity contribution in [2.45, 2.75) is 0 Å². The normalized spacial score (nSPS) is 11.0. The maximum absolute atomic E-state index is 12.7. The van der Waals surface area contributed by atoms with Crippen molar-refractivity contribution in [3.05, 3.63) is 30.0 Å². The van der Waals surface area contributed by atoms with E-state index >= 15 is 0 Å². The molecule has 0 spiro atoms. The first-order valence-corrected chi connectivity index (χ1v) is 6.81. The lowest BCUT2D eigenvalue weighted by molar-refractivity contribution is 0.0629. The second-order valence-electron chi connectivity index (χ2n) is 4.79. The monoisotopic (exact) mass is 291 g/mol. The number of aromatic amines is 1. The Labute approximate surface area is 123 Å². The zero-order valence-electron chi connectivity index (χ0n) is 12.4. The minimum absolute atomic E-state index is 0.0547. The fraction of sp³-hybridized carbons (Fsp3) is 0.400. The second kappa shape index (κ2) is 7.10. The van der Waals surface area contributed by atoms with Crippen molar-refractivity contribution in [1.82, 2.24) is 9.88 Å². The SMILES string of the molecule is COCCN(CCOC)C(=O)c1c[nH]c2ccc(N)cc12. The van der Waals surface area contributed by atoms with Crippen LogP contribution in [-0.2, 0) is 9.47 Å². The maximum atomic E-state index is 12.7. The van der Waals surface area contributed by atoms with E-state index in [1.165, 1.54) is 0 Å². The number of nitrogen functional groups attached to an aromatic ring is 1. The van der Waals surface area contributed by atoms with Crippen LogP contribution in [0.5, 0.6) is 0 Å². The summed E-state index contributed by atoms with van der Waals surface area (Å²) < 4.78 is 10.1. The molecule has 0 aliphatic carbocycles. The van der Waals surface area contributed by atoms with Gasteiger partial charge in [0.15, 0.2) is 0 Å². The van der Waals surface area contributed by atoms with E-state index in [4.69, 9.17) is 15.2 Å². The second-order valence-corrected chi connectivity index (χ2v) is 4.79. The molecule has 0 fully saturated rings. The fourth-order valence-corrected chi connectivity index (χ4v) is 2.20. The summed E-state index contributed by atoms with van der Waals surface area (Å²) >= 11 is 0. The number of aromatic nitrogens is 1. The third-order valence-electron chi connectivity index (χ3n) is 3.35. The van der Waals surface area contributed by atoms with Gasteiger partial charge in [0.05, 0.1) is 18.8 Å². The highest BCUT2D eigenvalue weighted by Crippen LogP contribution is 2.22. The number of hydrogen-bond donors (Lipinski definition) is 2. The molecule has 0 saturated heterocycles. The Bertz CT molecular complexity index is 601. The van der Waals surface area contributed by atoms with E-state index in [2.05, 4.69) is 4.98 Å². The lowest BCUT2D eigenvalue weighted by Gasteiger charge is -2.21. The van der Waals surface area contributed by atoms with Crippen LogP contribution in [0, 0.1) is 0 Å². The van der Waals surface area contributed by atoms with Crippen molar-refractivity contribution in [2.24, 2.45) is 0 Å². The molecule has 0 aliphatic heterocycles. The van der Waals surface area contributed by atoms with Crippen LogP contribution in [0.25, 0.3) is 10.9 Å². The Morgan fingerprint density at radius 3 is 2.52 bits per heavy atom. The molecule has 1 aromatic carbocycles. The average molecular weight is 291 g/mol. The molecule has 1 amide bonds. The number of rotatable bonds is 7. The Balaban J connectivity index is 2.26. The summed E-state index contributed by atoms with van der Waals surface area (Å²) in [5.41, 5.74) is 7.96. The zero-order valence-corrected chi connectivity index (χ0v) is 12.4. The number of anilines is 1. The smallest absolute Gasteiger partial charge is 0.256 e. The molecule has 114 valence electrons. The van der Waals surface area contributed by atoms with Gasteiger partial charge in [-0.1, -0.05) is 0 Å². The minimum Gasteiger partial charge on any atom is -0.399 e. The standard InChI is InChI=1S/C15H21N3O3/c1-20-7-5-18(6-8-21-2)15(19)13-10-17-14-4-3-11(16)9-12(13)14/h3-4,9-10,17H,5-8,16H2,1-2H3. The predicted octanol–water partition coefficient (Wildman–Crippen LogP) is 1.49. The number of methoxy groups -OCH3 is 2. The van der Waals surface area contributed by atoms with Gasteiger partial charge in [-0.3, -0.25) is 4.79 Å². The van der Waals surface area contributed by atoms with E-state index in [9.17, 15) is 4.79 Å². The van der Waals surface area contributed by atoms with Gasteiger partial charge < -0.3 is 25.1 Å². The molecule has 1 aromatic heterocycles. The Morgan fingerprint density at radius 1 is 1.24 bits per heavy atom. The third kappa shape index (κ3) is 3.53. The molecule has 0 saturated carbocycles. The highest BCUT2D eigenvalue weighted by molar-refractivity contribution is 6.07. The van der Waals surface area contributed by atoms with E-state index in [1.807, 2.05) is 12.1 Å². The number of ether oxygens (including phenoxy) is 2. The van der Waals surface area contributed by atoms with Crippen LogP contribution in [0.3, 0.4) is 0 Å². The molecule has 0 radical (unpaired) electrons. The van der Waals surface area contributed by atoms with Gasteiger partial charge in [0.1, 0.15) is 0 Å². The number of carbonyl (C=O) groups excluding carboxylic acids is 1. The van der Waals surface area contributed by atoms with E-state index < -0.39 is 0 Å². The van der Waals surface area contributed by atoms with Crippen LogP contribution in [-0.4, -0.2) is 56.3 Å². The first-order valence-electron chi connectivity index (χ1n) is 6.81. The maximum Gasteiger partial charge on any atom is 0.256 e. The van der Waals surface area contributed by atoms with Gasteiger partial charge in [0.25, 0.3) is 5.91 Å². The highest BCUT2D eigenvalue weighted by Gasteiger charge is 2.19. The summed E-state index contributed by atoms with van der Waals surface area (Å²) in [5.74, 6) is -0.0547. The molecular weight excluding hydrogens is 270 g/mol. The topological polar surface area (TPSA) is 80.6 Å². The van der Waals surface area contributed by atoms with Gasteiger partial charge in [-0.15, -0.1) is 0 Å². The molecule has 0 unspecified atom stereocenters. The molecule has 6 heteroatoms. The quantitative estimate of drug-likeness (QED) is 0.757. The van der Waals surface area contributed by atoms with E-state index in [1.54, 1.807) is 31.4 Å². The summed E-state index contributed by atoms with van der Waals surface area (Å²) in [6, 6.07) is 5.49. The largest absolute Gasteiger partial charge is 0.399 e. The van der Waals surface area contributed by atoms with Crippen LogP contribution in [0.4, 0.5) is 5.69 Å². The molecule has 6 nitrogen and oxygen atoms in total. The first kappa shape index (κ1) is 15.3. The van der Waals surface area contributed by atoms with Crippen molar-refractivity contribution in [3.63, 3.8) is 0 Å². The molecular formula is C15H21N3O3. The average Bonchev–Trinajstić information content (AvgIpc) is 2.89. The Morgan fingerprint density at radius 2 is 1.90 bits per heavy atom. The Hall–Kier alpha value is -2.05. The summed E-state index contributed by atoms with van der Waals surface area (Å²) in [6.07, 6.45) is 1.72. The third-order valence-corrected chi connectivity index (χ3v) is 3.35. The number of fused-ring (bicyclic) bond motifs is 1. The summed E-state index contributed by atoms with van der Waals surface area (Å²) in [4.78, 5) is 17.5. The molecule has 2 aromatic rings. The van der Waals surface area contributed by atoms with Gasteiger partial charge in [-0.2, -0.15) is 0 Å².